The molecule has 3 N–H and O–H groups in total. The Morgan fingerprint density at radius 2 is 2.27 bits per heavy atom. The maximum Gasteiger partial charge on any atom is 0.0409 e. The maximum absolute atomic E-state index is 5.95. The first-order chi connectivity index (χ1) is 7.31. The Balaban J connectivity index is 2.38. The van der Waals surface area contributed by atoms with E-state index in [2.05, 4.69) is 17.5 Å². The van der Waals surface area contributed by atoms with Gasteiger partial charge in [0.25, 0.3) is 0 Å². The quantitative estimate of drug-likeness (QED) is 0.805. The van der Waals surface area contributed by atoms with E-state index in [0.717, 1.165) is 30.1 Å². The summed E-state index contributed by atoms with van der Waals surface area (Å²) >= 11 is 5.95. The normalized spacial score (nSPS) is 16.3. The Kier molecular flexibility index (Phi) is 3.41. The number of benzene rings is 1. The van der Waals surface area contributed by atoms with Crippen molar-refractivity contribution >= 4 is 17.2 Å². The lowest BCUT2D eigenvalue weighted by Gasteiger charge is -2.17. The molecule has 15 heavy (non-hydrogen) atoms. The van der Waals surface area contributed by atoms with Gasteiger partial charge < -0.3 is 11.1 Å². The Morgan fingerprint density at radius 3 is 2.93 bits per heavy atom. The highest BCUT2D eigenvalue weighted by Gasteiger charge is 2.09. The molecule has 1 heterocycles. The van der Waals surface area contributed by atoms with Gasteiger partial charge in [-0.2, -0.15) is 0 Å². The summed E-state index contributed by atoms with van der Waals surface area (Å²) < 4.78 is 0. The predicted octanol–water partition coefficient (Wildman–Crippen LogP) is 2.18. The van der Waals surface area contributed by atoms with Crippen LogP contribution in [-0.4, -0.2) is 13.1 Å². The van der Waals surface area contributed by atoms with Gasteiger partial charge in [0.05, 0.1) is 0 Å². The molecular formula is C12H15ClN2. The number of nitrogens with one attached hydrogen (secondary N) is 1. The molecule has 1 aromatic rings. The van der Waals surface area contributed by atoms with Gasteiger partial charge in [0, 0.05) is 18.1 Å². The summed E-state index contributed by atoms with van der Waals surface area (Å²) in [5, 5.41) is 4.06. The van der Waals surface area contributed by atoms with Crippen molar-refractivity contribution < 1.29 is 0 Å². The van der Waals surface area contributed by atoms with E-state index >= 15 is 0 Å². The van der Waals surface area contributed by atoms with Crippen molar-refractivity contribution in [1.82, 2.24) is 5.32 Å². The minimum Gasteiger partial charge on any atom is -0.326 e. The molecule has 1 aliphatic heterocycles. The molecule has 0 spiro atoms. The van der Waals surface area contributed by atoms with Crippen molar-refractivity contribution in [3.63, 3.8) is 0 Å². The highest BCUT2D eigenvalue weighted by molar-refractivity contribution is 6.30. The molecule has 0 saturated carbocycles. The molecule has 2 nitrogen and oxygen atoms in total. The number of halogens is 1. The van der Waals surface area contributed by atoms with Crippen LogP contribution in [-0.2, 0) is 6.54 Å². The van der Waals surface area contributed by atoms with E-state index in [1.807, 2.05) is 12.1 Å². The van der Waals surface area contributed by atoms with Gasteiger partial charge in [-0.25, -0.2) is 0 Å². The molecule has 0 fully saturated rings. The predicted molar refractivity (Wildman–Crippen MR) is 64.8 cm³/mol. The zero-order valence-corrected chi connectivity index (χ0v) is 9.35. The largest absolute Gasteiger partial charge is 0.326 e. The lowest BCUT2D eigenvalue weighted by Crippen LogP contribution is -2.20. The molecule has 0 amide bonds. The molecule has 3 heteroatoms. The highest BCUT2D eigenvalue weighted by atomic mass is 35.5. The van der Waals surface area contributed by atoms with Gasteiger partial charge in [-0.1, -0.05) is 23.7 Å². The minimum absolute atomic E-state index is 0.542. The first kappa shape index (κ1) is 10.7. The van der Waals surface area contributed by atoms with Crippen LogP contribution in [0.3, 0.4) is 0 Å². The summed E-state index contributed by atoms with van der Waals surface area (Å²) in [6.45, 7) is 2.53. The second kappa shape index (κ2) is 4.79. The minimum atomic E-state index is 0.542. The molecule has 1 aromatic carbocycles. The maximum atomic E-state index is 5.95. The molecule has 0 saturated heterocycles. The second-order valence-electron chi connectivity index (χ2n) is 3.69. The van der Waals surface area contributed by atoms with Crippen LogP contribution < -0.4 is 11.1 Å². The summed E-state index contributed by atoms with van der Waals surface area (Å²) in [7, 11) is 0. The van der Waals surface area contributed by atoms with Gasteiger partial charge in [-0.15, -0.1) is 0 Å². The fourth-order valence-electron chi connectivity index (χ4n) is 1.91. The number of hydrogen-bond acceptors (Lipinski definition) is 2. The topological polar surface area (TPSA) is 38.0 Å². The Morgan fingerprint density at radius 1 is 1.40 bits per heavy atom. The van der Waals surface area contributed by atoms with Gasteiger partial charge in [0.2, 0.25) is 0 Å². The van der Waals surface area contributed by atoms with E-state index in [1.165, 1.54) is 11.1 Å². The number of rotatable bonds is 2. The van der Waals surface area contributed by atoms with Crippen molar-refractivity contribution in [2.24, 2.45) is 5.73 Å². The molecule has 80 valence electrons. The Bertz CT molecular complexity index is 385. The lowest BCUT2D eigenvalue weighted by molar-refractivity contribution is 0.738. The van der Waals surface area contributed by atoms with Gasteiger partial charge >= 0.3 is 0 Å². The van der Waals surface area contributed by atoms with Gasteiger partial charge in [-0.05, 0) is 41.8 Å². The van der Waals surface area contributed by atoms with E-state index in [9.17, 15) is 0 Å². The van der Waals surface area contributed by atoms with Crippen LogP contribution in [0.1, 0.15) is 17.5 Å². The van der Waals surface area contributed by atoms with Crippen molar-refractivity contribution in [1.29, 1.82) is 0 Å². The lowest BCUT2D eigenvalue weighted by atomic mass is 9.95. The highest BCUT2D eigenvalue weighted by Crippen LogP contribution is 2.25. The summed E-state index contributed by atoms with van der Waals surface area (Å²) in [5.41, 5.74) is 9.49. The van der Waals surface area contributed by atoms with Crippen LogP contribution in [0.4, 0.5) is 0 Å². The fourth-order valence-corrected chi connectivity index (χ4v) is 2.11. The van der Waals surface area contributed by atoms with Crippen molar-refractivity contribution in [2.45, 2.75) is 13.0 Å². The number of hydrogen-bond donors (Lipinski definition) is 2. The van der Waals surface area contributed by atoms with Gasteiger partial charge in [0.1, 0.15) is 0 Å². The van der Waals surface area contributed by atoms with E-state index < -0.39 is 0 Å². The van der Waals surface area contributed by atoms with Crippen LogP contribution in [0, 0.1) is 0 Å². The Labute approximate surface area is 95.1 Å². The molecular weight excluding hydrogens is 208 g/mol. The van der Waals surface area contributed by atoms with E-state index in [4.69, 9.17) is 17.3 Å². The molecule has 0 bridgehead atoms. The van der Waals surface area contributed by atoms with Crippen molar-refractivity contribution in [3.05, 3.63) is 40.4 Å². The zero-order chi connectivity index (χ0) is 10.7. The molecule has 1 aliphatic rings. The second-order valence-corrected chi connectivity index (χ2v) is 4.13. The summed E-state index contributed by atoms with van der Waals surface area (Å²) in [6.07, 6.45) is 3.29. The van der Waals surface area contributed by atoms with Crippen molar-refractivity contribution in [2.75, 3.05) is 13.1 Å². The average Bonchev–Trinajstić information content (AvgIpc) is 2.30. The summed E-state index contributed by atoms with van der Waals surface area (Å²) in [5.74, 6) is 0. The van der Waals surface area contributed by atoms with Crippen LogP contribution in [0.2, 0.25) is 5.02 Å². The molecule has 0 radical (unpaired) electrons. The SMILES string of the molecule is NCc1cc(Cl)ccc1C1=CCNCC1. The first-order valence-electron chi connectivity index (χ1n) is 5.20. The Hall–Kier alpha value is -0.830. The first-order valence-corrected chi connectivity index (χ1v) is 5.57. The van der Waals surface area contributed by atoms with E-state index in [-0.39, 0.29) is 0 Å². The smallest absolute Gasteiger partial charge is 0.0409 e. The molecule has 0 atom stereocenters. The van der Waals surface area contributed by atoms with Gasteiger partial charge in [0.15, 0.2) is 0 Å². The molecule has 2 rings (SSSR count). The third-order valence-electron chi connectivity index (χ3n) is 2.70. The monoisotopic (exact) mass is 222 g/mol. The van der Waals surface area contributed by atoms with Crippen molar-refractivity contribution in [3.8, 4) is 0 Å². The zero-order valence-electron chi connectivity index (χ0n) is 8.59. The average molecular weight is 223 g/mol. The van der Waals surface area contributed by atoms with Crippen LogP contribution >= 0.6 is 11.6 Å². The van der Waals surface area contributed by atoms with E-state index in [0.29, 0.717) is 6.54 Å². The van der Waals surface area contributed by atoms with Crippen LogP contribution in [0.25, 0.3) is 5.57 Å². The van der Waals surface area contributed by atoms with Crippen LogP contribution in [0.15, 0.2) is 24.3 Å². The summed E-state index contributed by atoms with van der Waals surface area (Å²) in [6, 6.07) is 5.96. The fraction of sp³-hybridized carbons (Fsp3) is 0.333. The van der Waals surface area contributed by atoms with E-state index in [1.54, 1.807) is 0 Å². The third-order valence-corrected chi connectivity index (χ3v) is 2.93. The molecule has 0 unspecified atom stereocenters. The van der Waals surface area contributed by atoms with Gasteiger partial charge in [-0.3, -0.25) is 0 Å². The summed E-state index contributed by atoms with van der Waals surface area (Å²) in [4.78, 5) is 0. The number of nitrogens with two attached hydrogens (primary N) is 1. The standard InChI is InChI=1S/C12H15ClN2/c13-11-1-2-12(10(7-11)8-14)9-3-5-15-6-4-9/h1-3,7,15H,4-6,8,14H2. The third kappa shape index (κ3) is 2.40. The molecule has 0 aliphatic carbocycles. The molecule has 0 aromatic heterocycles. The van der Waals surface area contributed by atoms with Crippen LogP contribution in [0.5, 0.6) is 0 Å².